The van der Waals surface area contributed by atoms with Gasteiger partial charge >= 0.3 is 0 Å². The van der Waals surface area contributed by atoms with Gasteiger partial charge in [0.15, 0.2) is 0 Å². The molecule has 3 fully saturated rings. The number of benzene rings is 1. The number of halogens is 1. The predicted octanol–water partition coefficient (Wildman–Crippen LogP) is 2.69. The minimum absolute atomic E-state index is 0.00771. The van der Waals surface area contributed by atoms with Crippen LogP contribution in [0.5, 0.6) is 0 Å². The number of piperidine rings is 2. The second kappa shape index (κ2) is 6.19. The average Bonchev–Trinajstić information content (AvgIpc) is 3.45. The Bertz CT molecular complexity index is 641. The second-order valence-corrected chi connectivity index (χ2v) is 7.32. The first-order valence-electron chi connectivity index (χ1n) is 8.99. The summed E-state index contributed by atoms with van der Waals surface area (Å²) in [7, 11) is 0. The van der Waals surface area contributed by atoms with E-state index in [-0.39, 0.29) is 23.7 Å². The van der Waals surface area contributed by atoms with Crippen LogP contribution >= 0.6 is 0 Å². The van der Waals surface area contributed by atoms with Crippen molar-refractivity contribution in [2.45, 2.75) is 38.1 Å². The number of hydrogen-bond acceptors (Lipinski definition) is 2. The van der Waals surface area contributed by atoms with Gasteiger partial charge in [0.25, 0.3) is 5.91 Å². The maximum atomic E-state index is 13.1. The number of carbonyl (C=O) groups is 2. The van der Waals surface area contributed by atoms with Gasteiger partial charge in [-0.2, -0.15) is 0 Å². The normalized spacial score (nSPS) is 26.9. The van der Waals surface area contributed by atoms with Crippen molar-refractivity contribution < 1.29 is 14.0 Å². The molecule has 0 bridgehead atoms. The van der Waals surface area contributed by atoms with Crippen molar-refractivity contribution in [3.05, 3.63) is 35.6 Å². The molecule has 4 nitrogen and oxygen atoms in total. The molecule has 2 amide bonds. The Morgan fingerprint density at radius 1 is 1.00 bits per heavy atom. The average molecular weight is 330 g/mol. The van der Waals surface area contributed by atoms with Gasteiger partial charge in [0.2, 0.25) is 5.91 Å². The Labute approximate surface area is 141 Å². The van der Waals surface area contributed by atoms with Gasteiger partial charge in [0.05, 0.1) is 0 Å². The predicted molar refractivity (Wildman–Crippen MR) is 87.9 cm³/mol. The van der Waals surface area contributed by atoms with E-state index in [2.05, 4.69) is 0 Å². The van der Waals surface area contributed by atoms with E-state index in [0.717, 1.165) is 51.7 Å². The Morgan fingerprint density at radius 2 is 1.75 bits per heavy atom. The van der Waals surface area contributed by atoms with Gasteiger partial charge in [0.1, 0.15) is 5.82 Å². The molecule has 3 aliphatic rings. The zero-order valence-electron chi connectivity index (χ0n) is 13.8. The molecular formula is C19H23FN2O2. The van der Waals surface area contributed by atoms with Crippen molar-refractivity contribution in [3.8, 4) is 0 Å². The van der Waals surface area contributed by atoms with E-state index >= 15 is 0 Å². The standard InChI is InChI=1S/C19H23FN2O2/c20-16-7-5-14(6-8-16)19(24)22-10-1-2-15-12-21(11-9-17(15)22)18(23)13-3-4-13/h5-8,13,15,17H,1-4,9-12H2/t15-,17+/m1/s1. The van der Waals surface area contributed by atoms with Gasteiger partial charge in [-0.3, -0.25) is 9.59 Å². The maximum Gasteiger partial charge on any atom is 0.254 e. The molecule has 24 heavy (non-hydrogen) atoms. The highest BCUT2D eigenvalue weighted by molar-refractivity contribution is 5.94. The Morgan fingerprint density at radius 3 is 2.46 bits per heavy atom. The number of rotatable bonds is 2. The number of nitrogens with zero attached hydrogens (tertiary/aromatic N) is 2. The third kappa shape index (κ3) is 2.92. The van der Waals surface area contributed by atoms with E-state index in [1.54, 1.807) is 12.1 Å². The van der Waals surface area contributed by atoms with E-state index < -0.39 is 0 Å². The first kappa shape index (κ1) is 15.6. The molecule has 0 spiro atoms. The van der Waals surface area contributed by atoms with Gasteiger partial charge < -0.3 is 9.80 Å². The van der Waals surface area contributed by atoms with Gasteiger partial charge in [-0.15, -0.1) is 0 Å². The Kier molecular flexibility index (Phi) is 4.02. The molecule has 0 radical (unpaired) electrons. The van der Waals surface area contributed by atoms with Crippen LogP contribution in [-0.2, 0) is 4.79 Å². The lowest BCUT2D eigenvalue weighted by Crippen LogP contribution is -2.56. The fourth-order valence-electron chi connectivity index (χ4n) is 4.20. The summed E-state index contributed by atoms with van der Waals surface area (Å²) < 4.78 is 13.1. The van der Waals surface area contributed by atoms with E-state index in [1.165, 1.54) is 12.1 Å². The first-order chi connectivity index (χ1) is 11.6. The molecule has 2 saturated heterocycles. The fraction of sp³-hybridized carbons (Fsp3) is 0.579. The number of carbonyl (C=O) groups excluding carboxylic acids is 2. The van der Waals surface area contributed by atoms with E-state index in [1.807, 2.05) is 9.80 Å². The maximum absolute atomic E-state index is 13.1. The highest BCUT2D eigenvalue weighted by atomic mass is 19.1. The molecule has 1 saturated carbocycles. The number of hydrogen-bond donors (Lipinski definition) is 0. The lowest BCUT2D eigenvalue weighted by molar-refractivity contribution is -0.135. The van der Waals surface area contributed by atoms with Crippen molar-refractivity contribution in [3.63, 3.8) is 0 Å². The largest absolute Gasteiger partial charge is 0.342 e. The highest BCUT2D eigenvalue weighted by Gasteiger charge is 2.42. The molecule has 5 heteroatoms. The fourth-order valence-corrected chi connectivity index (χ4v) is 4.20. The molecule has 128 valence electrons. The van der Waals surface area contributed by atoms with Crippen LogP contribution in [0.15, 0.2) is 24.3 Å². The first-order valence-corrected chi connectivity index (χ1v) is 8.99. The van der Waals surface area contributed by atoms with Crippen LogP contribution in [0.3, 0.4) is 0 Å². The molecule has 1 aliphatic carbocycles. The van der Waals surface area contributed by atoms with Gasteiger partial charge in [0, 0.05) is 37.2 Å². The molecule has 1 aromatic carbocycles. The zero-order chi connectivity index (χ0) is 16.7. The monoisotopic (exact) mass is 330 g/mol. The number of likely N-dealkylation sites (tertiary alicyclic amines) is 2. The van der Waals surface area contributed by atoms with Crippen molar-refractivity contribution in [2.24, 2.45) is 11.8 Å². The number of amides is 2. The lowest BCUT2D eigenvalue weighted by Gasteiger charge is -2.47. The summed E-state index contributed by atoms with van der Waals surface area (Å²) in [5.74, 6) is 0.624. The Balaban J connectivity index is 1.46. The smallest absolute Gasteiger partial charge is 0.254 e. The third-order valence-electron chi connectivity index (χ3n) is 5.66. The van der Waals surface area contributed by atoms with Gasteiger partial charge in [-0.25, -0.2) is 4.39 Å². The minimum Gasteiger partial charge on any atom is -0.342 e. The molecular weight excluding hydrogens is 307 g/mol. The van der Waals surface area contributed by atoms with E-state index in [0.29, 0.717) is 17.4 Å². The van der Waals surface area contributed by atoms with Crippen LogP contribution in [0.2, 0.25) is 0 Å². The van der Waals surface area contributed by atoms with Crippen LogP contribution < -0.4 is 0 Å². The number of fused-ring (bicyclic) bond motifs is 1. The minimum atomic E-state index is -0.324. The quantitative estimate of drug-likeness (QED) is 0.836. The highest BCUT2D eigenvalue weighted by Crippen LogP contribution is 2.36. The van der Waals surface area contributed by atoms with Crippen LogP contribution in [0, 0.1) is 17.7 Å². The summed E-state index contributed by atoms with van der Waals surface area (Å²) in [6.07, 6.45) is 4.99. The van der Waals surface area contributed by atoms with Gasteiger partial charge in [-0.1, -0.05) is 0 Å². The summed E-state index contributed by atoms with van der Waals surface area (Å²) in [5, 5.41) is 0. The van der Waals surface area contributed by atoms with Crippen molar-refractivity contribution in [2.75, 3.05) is 19.6 Å². The lowest BCUT2D eigenvalue weighted by atomic mass is 9.83. The van der Waals surface area contributed by atoms with Crippen molar-refractivity contribution >= 4 is 11.8 Å². The van der Waals surface area contributed by atoms with Crippen molar-refractivity contribution in [1.82, 2.24) is 9.80 Å². The molecule has 4 rings (SSSR count). The second-order valence-electron chi connectivity index (χ2n) is 7.32. The van der Waals surface area contributed by atoms with E-state index in [9.17, 15) is 14.0 Å². The Hall–Kier alpha value is -1.91. The molecule has 2 heterocycles. The summed E-state index contributed by atoms with van der Waals surface area (Å²) in [4.78, 5) is 29.1. The van der Waals surface area contributed by atoms with Gasteiger partial charge in [-0.05, 0) is 62.3 Å². The molecule has 0 aromatic heterocycles. The molecule has 1 aromatic rings. The molecule has 2 aliphatic heterocycles. The molecule has 0 unspecified atom stereocenters. The van der Waals surface area contributed by atoms with Crippen LogP contribution in [0.1, 0.15) is 42.5 Å². The van der Waals surface area contributed by atoms with Crippen LogP contribution in [0.25, 0.3) is 0 Å². The summed E-state index contributed by atoms with van der Waals surface area (Å²) in [6.45, 7) is 2.30. The van der Waals surface area contributed by atoms with Crippen LogP contribution in [0.4, 0.5) is 4.39 Å². The van der Waals surface area contributed by atoms with E-state index in [4.69, 9.17) is 0 Å². The third-order valence-corrected chi connectivity index (χ3v) is 5.66. The van der Waals surface area contributed by atoms with Crippen LogP contribution in [-0.4, -0.2) is 47.3 Å². The van der Waals surface area contributed by atoms with Crippen molar-refractivity contribution in [1.29, 1.82) is 0 Å². The molecule has 0 N–H and O–H groups in total. The summed E-state index contributed by atoms with van der Waals surface area (Å²) in [6, 6.07) is 6.01. The zero-order valence-corrected chi connectivity index (χ0v) is 13.8. The SMILES string of the molecule is O=C(C1CC1)N1CC[C@H]2[C@H](CCCN2C(=O)c2ccc(F)cc2)C1. The summed E-state index contributed by atoms with van der Waals surface area (Å²) >= 11 is 0. The topological polar surface area (TPSA) is 40.6 Å². The summed E-state index contributed by atoms with van der Waals surface area (Å²) in [5.41, 5.74) is 0.550. The molecule has 2 atom stereocenters.